The van der Waals surface area contributed by atoms with E-state index in [4.69, 9.17) is 16.3 Å². The fourth-order valence-corrected chi connectivity index (χ4v) is 8.55. The molecule has 5 rings (SSSR count). The lowest BCUT2D eigenvalue weighted by Gasteiger charge is -2.38. The number of pyridine rings is 1. The van der Waals surface area contributed by atoms with Crippen molar-refractivity contribution in [3.8, 4) is 5.75 Å². The minimum atomic E-state index is -4.76. The van der Waals surface area contributed by atoms with E-state index in [1.165, 1.54) is 52.8 Å². The van der Waals surface area contributed by atoms with Crippen molar-refractivity contribution in [1.82, 2.24) is 25.0 Å². The molecule has 0 bridgehead atoms. The number of anilines is 2. The third-order valence-electron chi connectivity index (χ3n) is 7.73. The van der Waals surface area contributed by atoms with E-state index < -0.39 is 49.3 Å². The van der Waals surface area contributed by atoms with Crippen molar-refractivity contribution in [1.29, 1.82) is 0 Å². The van der Waals surface area contributed by atoms with E-state index in [0.29, 0.717) is 36.2 Å². The van der Waals surface area contributed by atoms with Gasteiger partial charge in [-0.3, -0.25) is 14.8 Å². The molecule has 2 N–H and O–H groups in total. The second kappa shape index (κ2) is 12.7. The largest absolute Gasteiger partial charge is 0.479 e. The molecule has 1 aromatic carbocycles. The molecule has 14 nitrogen and oxygen atoms in total. The van der Waals surface area contributed by atoms with Crippen LogP contribution in [0.15, 0.2) is 59.9 Å². The molecule has 3 aromatic rings. The first-order valence-electron chi connectivity index (χ1n) is 14.3. The Labute approximate surface area is 275 Å². The fourth-order valence-electron chi connectivity index (χ4n) is 5.20. The van der Waals surface area contributed by atoms with Crippen LogP contribution in [0.25, 0.3) is 0 Å². The Morgan fingerprint density at radius 3 is 2.41 bits per heavy atom. The molecule has 0 aliphatic carbocycles. The minimum absolute atomic E-state index is 0.0733. The first-order chi connectivity index (χ1) is 21.6. The number of aliphatic carboxylic acids is 1. The van der Waals surface area contributed by atoms with Crippen molar-refractivity contribution in [3.63, 3.8) is 0 Å². The zero-order valence-electron chi connectivity index (χ0n) is 25.6. The van der Waals surface area contributed by atoms with Gasteiger partial charge in [-0.2, -0.15) is 13.5 Å². The van der Waals surface area contributed by atoms with Gasteiger partial charge in [-0.15, -0.1) is 11.8 Å². The van der Waals surface area contributed by atoms with Crippen LogP contribution >= 0.6 is 23.4 Å². The van der Waals surface area contributed by atoms with Gasteiger partial charge in [0, 0.05) is 56.9 Å². The molecule has 46 heavy (non-hydrogen) atoms. The number of carbonyl (C=O) groups is 3. The zero-order valence-corrected chi connectivity index (χ0v) is 28.0. The molecule has 4 heterocycles. The Morgan fingerprint density at radius 2 is 1.87 bits per heavy atom. The van der Waals surface area contributed by atoms with Crippen LogP contribution < -0.4 is 19.3 Å². The molecular weight excluding hydrogens is 658 g/mol. The molecule has 0 spiro atoms. The first kappa shape index (κ1) is 33.5. The Bertz CT molecular complexity index is 1750. The lowest BCUT2D eigenvalue weighted by atomic mass is 9.94. The summed E-state index contributed by atoms with van der Waals surface area (Å²) in [4.78, 5) is 47.9. The maximum absolute atomic E-state index is 14.1. The number of hydrogen-bond donors (Lipinski definition) is 2. The van der Waals surface area contributed by atoms with Crippen molar-refractivity contribution in [2.45, 2.75) is 42.2 Å². The molecule has 17 heteroatoms. The molecular formula is C29H34ClN7O7S2. The van der Waals surface area contributed by atoms with Crippen LogP contribution in [0.3, 0.4) is 0 Å². The highest BCUT2D eigenvalue weighted by Gasteiger charge is 2.56. The van der Waals surface area contributed by atoms with Crippen molar-refractivity contribution in [3.05, 3.63) is 59.9 Å². The van der Waals surface area contributed by atoms with Gasteiger partial charge >= 0.3 is 12.1 Å². The third-order valence-corrected chi connectivity index (χ3v) is 11.4. The highest BCUT2D eigenvalue weighted by atomic mass is 35.5. The maximum Gasteiger partial charge on any atom is 0.415 e. The van der Waals surface area contributed by atoms with E-state index in [2.05, 4.69) is 15.4 Å². The summed E-state index contributed by atoms with van der Waals surface area (Å²) in [6.07, 6.45) is 2.42. The summed E-state index contributed by atoms with van der Waals surface area (Å²) in [5, 5.41) is 15.9. The summed E-state index contributed by atoms with van der Waals surface area (Å²) in [5.74, 6) is -1.35. The van der Waals surface area contributed by atoms with Gasteiger partial charge in [-0.05, 0) is 57.2 Å². The number of hydrogen-bond acceptors (Lipinski definition) is 11. The summed E-state index contributed by atoms with van der Waals surface area (Å²) in [5.41, 5.74) is -3.36. The van der Waals surface area contributed by atoms with Crippen LogP contribution in [0.1, 0.15) is 20.8 Å². The zero-order chi connectivity index (χ0) is 33.4. The number of Topliss-reactive ketones (excluding diaryl/α,β-unsaturated/α-hetero) is 1. The third kappa shape index (κ3) is 6.52. The van der Waals surface area contributed by atoms with Crippen LogP contribution in [0.2, 0.25) is 5.02 Å². The van der Waals surface area contributed by atoms with Crippen molar-refractivity contribution in [2.24, 2.45) is 7.05 Å². The van der Waals surface area contributed by atoms with Crippen LogP contribution in [0.5, 0.6) is 5.75 Å². The number of nitrogens with one attached hydrogen (secondary N) is 1. The van der Waals surface area contributed by atoms with Gasteiger partial charge in [0.05, 0.1) is 10.7 Å². The van der Waals surface area contributed by atoms with Crippen LogP contribution in [-0.4, -0.2) is 99.4 Å². The van der Waals surface area contributed by atoms with E-state index >= 15 is 0 Å². The fraction of sp³-hybridized carbons (Fsp3) is 0.414. The molecule has 2 saturated heterocycles. The van der Waals surface area contributed by atoms with Crippen LogP contribution in [0, 0.1) is 0 Å². The van der Waals surface area contributed by atoms with Crippen LogP contribution in [0.4, 0.5) is 16.3 Å². The van der Waals surface area contributed by atoms with Gasteiger partial charge in [0.1, 0.15) is 11.2 Å². The Balaban J connectivity index is 1.44. The number of thioether (sulfide) groups is 1. The maximum atomic E-state index is 14.1. The topological polar surface area (TPSA) is 167 Å². The van der Waals surface area contributed by atoms with Gasteiger partial charge in [0.15, 0.2) is 16.6 Å². The number of carbonyl (C=O) groups excluding carboxylic acids is 2. The number of sulfonamides is 1. The molecule has 0 radical (unpaired) electrons. The summed E-state index contributed by atoms with van der Waals surface area (Å²) < 4.78 is 35.6. The normalized spacial score (nSPS) is 19.4. The Kier molecular flexibility index (Phi) is 9.28. The summed E-state index contributed by atoms with van der Waals surface area (Å²) >= 11 is 7.72. The molecule has 2 aliphatic heterocycles. The van der Waals surface area contributed by atoms with Crippen molar-refractivity contribution >= 4 is 62.7 Å². The van der Waals surface area contributed by atoms with Gasteiger partial charge in [0.25, 0.3) is 10.0 Å². The number of amides is 1. The summed E-state index contributed by atoms with van der Waals surface area (Å²) in [7, 11) is -3.25. The molecule has 1 amide bonds. The molecule has 2 atom stereocenters. The molecule has 2 aliphatic rings. The number of ketones is 1. The number of halogens is 1. The number of benzene rings is 1. The summed E-state index contributed by atoms with van der Waals surface area (Å²) in [6, 6.07) is 10.5. The quantitative estimate of drug-likeness (QED) is 0.316. The number of rotatable bonds is 9. The molecule has 246 valence electrons. The van der Waals surface area contributed by atoms with Gasteiger partial charge in [-0.1, -0.05) is 17.7 Å². The monoisotopic (exact) mass is 691 g/mol. The molecule has 0 saturated carbocycles. The lowest BCUT2D eigenvalue weighted by Crippen LogP contribution is -2.64. The minimum Gasteiger partial charge on any atom is -0.479 e. The molecule has 2 aromatic heterocycles. The Morgan fingerprint density at radius 1 is 1.15 bits per heavy atom. The highest BCUT2D eigenvalue weighted by molar-refractivity contribution is 8.01. The van der Waals surface area contributed by atoms with E-state index in [9.17, 15) is 27.9 Å². The summed E-state index contributed by atoms with van der Waals surface area (Å²) in [6.45, 7) is 6.55. The van der Waals surface area contributed by atoms with E-state index in [0.717, 1.165) is 18.8 Å². The number of nitrogens with zero attached hydrogens (tertiary/aromatic N) is 6. The average molecular weight is 692 g/mol. The standard InChI is InChI=1S/C29H34ClN7O7S2/c1-28(2)18-45-25(32-28)24(38)29(3,26(39)40)37(46(42,43)23-10-12-34(4)33-23)19-8-9-21(20(30)17-19)44-27(41)36-15-13-35(14-16-36)22-7-5-6-11-31-22/h5-12,17,25,32H,13-16,18H2,1-4H3,(H,39,40)/t25-,29+/m0/s1. The molecule has 2 fully saturated rings. The van der Waals surface area contributed by atoms with E-state index in [1.54, 1.807) is 6.20 Å². The SMILES string of the molecule is Cn1ccc(S(=O)(=O)N(c2ccc(OC(=O)N3CCN(c4ccccn4)CC3)c(Cl)c2)[C@@](C)(C(=O)O)C(=O)[C@H]2NC(C)(C)CS2)n1. The Hall–Kier alpha value is -3.86. The van der Waals surface area contributed by atoms with Crippen molar-refractivity contribution in [2.75, 3.05) is 41.1 Å². The second-order valence-electron chi connectivity index (χ2n) is 11.7. The number of piperazine rings is 1. The predicted molar refractivity (Wildman–Crippen MR) is 173 cm³/mol. The van der Waals surface area contributed by atoms with E-state index in [1.807, 2.05) is 36.9 Å². The lowest BCUT2D eigenvalue weighted by molar-refractivity contribution is -0.147. The highest BCUT2D eigenvalue weighted by Crippen LogP contribution is 2.39. The number of carboxylic acid groups (broad SMARTS) is 1. The first-order valence-corrected chi connectivity index (χ1v) is 17.1. The second-order valence-corrected chi connectivity index (χ2v) is 14.9. The number of aryl methyl sites for hydroxylation is 1. The predicted octanol–water partition coefficient (Wildman–Crippen LogP) is 2.84. The number of aromatic nitrogens is 3. The van der Waals surface area contributed by atoms with Crippen molar-refractivity contribution < 1.29 is 32.6 Å². The average Bonchev–Trinajstić information content (AvgIpc) is 3.63. The van der Waals surface area contributed by atoms with E-state index in [-0.39, 0.29) is 16.5 Å². The number of carboxylic acids is 1. The van der Waals surface area contributed by atoms with Gasteiger partial charge < -0.3 is 19.6 Å². The van der Waals surface area contributed by atoms with Gasteiger partial charge in [-0.25, -0.2) is 18.9 Å². The molecule has 0 unspecified atom stereocenters. The van der Waals surface area contributed by atoms with Gasteiger partial charge in [0.2, 0.25) is 5.54 Å². The van der Waals surface area contributed by atoms with Crippen LogP contribution in [-0.2, 0) is 26.7 Å². The smallest absolute Gasteiger partial charge is 0.415 e. The number of ether oxygens (including phenoxy) is 1.